The molecular formula is C15H18N2O2S2. The smallest absolute Gasteiger partial charge is 0.236 e. The summed E-state index contributed by atoms with van der Waals surface area (Å²) in [5, 5.41) is 2.06. The summed E-state index contributed by atoms with van der Waals surface area (Å²) in [6.45, 7) is 4.98. The van der Waals surface area contributed by atoms with Crippen LogP contribution in [0.4, 0.5) is 0 Å². The standard InChI is InChI=1S/C15H18N2O2S2/c1-10(2)17-6-5-13(15(17)18)21-9-14-16-8-11(19-14)12-4-3-7-20-12/h3-4,7-8,10,13H,5-6,9H2,1-2H3. The van der Waals surface area contributed by atoms with E-state index in [-0.39, 0.29) is 17.2 Å². The summed E-state index contributed by atoms with van der Waals surface area (Å²) >= 11 is 3.27. The first-order chi connectivity index (χ1) is 10.1. The van der Waals surface area contributed by atoms with E-state index in [0.29, 0.717) is 11.6 Å². The fourth-order valence-electron chi connectivity index (χ4n) is 2.42. The molecule has 3 heterocycles. The SMILES string of the molecule is CC(C)N1CCC(SCc2ncc(-c3cccs3)o2)C1=O. The van der Waals surface area contributed by atoms with Crippen LogP contribution in [-0.2, 0) is 10.5 Å². The second-order valence-corrected chi connectivity index (χ2v) is 7.45. The van der Waals surface area contributed by atoms with E-state index in [1.165, 1.54) is 0 Å². The Morgan fingerprint density at radius 2 is 2.43 bits per heavy atom. The Balaban J connectivity index is 1.58. The zero-order valence-corrected chi connectivity index (χ0v) is 13.7. The van der Waals surface area contributed by atoms with Crippen LogP contribution in [0.1, 0.15) is 26.2 Å². The van der Waals surface area contributed by atoms with Gasteiger partial charge in [-0.15, -0.1) is 23.1 Å². The topological polar surface area (TPSA) is 46.3 Å². The van der Waals surface area contributed by atoms with Crippen molar-refractivity contribution >= 4 is 29.0 Å². The van der Waals surface area contributed by atoms with E-state index in [4.69, 9.17) is 4.42 Å². The molecule has 0 saturated carbocycles. The summed E-state index contributed by atoms with van der Waals surface area (Å²) in [6.07, 6.45) is 2.68. The molecule has 2 aromatic rings. The fraction of sp³-hybridized carbons (Fsp3) is 0.467. The van der Waals surface area contributed by atoms with Crippen molar-refractivity contribution < 1.29 is 9.21 Å². The van der Waals surface area contributed by atoms with E-state index in [0.717, 1.165) is 23.6 Å². The van der Waals surface area contributed by atoms with Gasteiger partial charge in [0, 0.05) is 12.6 Å². The van der Waals surface area contributed by atoms with Crippen LogP contribution in [0.3, 0.4) is 0 Å². The van der Waals surface area contributed by atoms with E-state index in [9.17, 15) is 4.79 Å². The van der Waals surface area contributed by atoms with Crippen LogP contribution in [0, 0.1) is 0 Å². The highest BCUT2D eigenvalue weighted by Crippen LogP contribution is 2.30. The Morgan fingerprint density at radius 1 is 1.57 bits per heavy atom. The van der Waals surface area contributed by atoms with Gasteiger partial charge in [-0.05, 0) is 31.7 Å². The van der Waals surface area contributed by atoms with Crippen molar-refractivity contribution in [2.45, 2.75) is 37.3 Å². The molecule has 112 valence electrons. The van der Waals surface area contributed by atoms with E-state index in [2.05, 4.69) is 18.8 Å². The Hall–Kier alpha value is -1.27. The average molecular weight is 322 g/mol. The molecule has 1 aliphatic heterocycles. The van der Waals surface area contributed by atoms with Gasteiger partial charge >= 0.3 is 0 Å². The summed E-state index contributed by atoms with van der Waals surface area (Å²) in [4.78, 5) is 19.6. The third kappa shape index (κ3) is 3.16. The second-order valence-electron chi connectivity index (χ2n) is 5.31. The molecule has 0 aliphatic carbocycles. The maximum atomic E-state index is 12.2. The molecule has 0 spiro atoms. The molecule has 6 heteroatoms. The average Bonchev–Trinajstić information content (AvgIpc) is 3.17. The lowest BCUT2D eigenvalue weighted by atomic mass is 10.3. The molecule has 1 aliphatic rings. The Labute approximate surface area is 132 Å². The highest BCUT2D eigenvalue weighted by molar-refractivity contribution is 7.99. The molecule has 3 rings (SSSR count). The van der Waals surface area contributed by atoms with Crippen LogP contribution in [0.2, 0.25) is 0 Å². The van der Waals surface area contributed by atoms with Gasteiger partial charge in [0.25, 0.3) is 0 Å². The van der Waals surface area contributed by atoms with Gasteiger partial charge in [0.05, 0.1) is 22.1 Å². The minimum atomic E-state index is 0.0458. The van der Waals surface area contributed by atoms with Gasteiger partial charge in [0.1, 0.15) is 0 Å². The first-order valence-corrected chi connectivity index (χ1v) is 8.98. The van der Waals surface area contributed by atoms with E-state index in [1.54, 1.807) is 29.3 Å². The maximum absolute atomic E-state index is 12.2. The van der Waals surface area contributed by atoms with Gasteiger partial charge < -0.3 is 9.32 Å². The number of carbonyl (C=O) groups excluding carboxylic acids is 1. The van der Waals surface area contributed by atoms with Crippen molar-refractivity contribution in [3.05, 3.63) is 29.6 Å². The number of likely N-dealkylation sites (tertiary alicyclic amines) is 1. The molecule has 1 amide bonds. The number of thiophene rings is 1. The molecule has 0 aromatic carbocycles. The third-order valence-corrected chi connectivity index (χ3v) is 5.68. The van der Waals surface area contributed by atoms with Gasteiger partial charge in [-0.25, -0.2) is 4.98 Å². The van der Waals surface area contributed by atoms with Crippen LogP contribution in [0.25, 0.3) is 10.6 Å². The normalized spacial score (nSPS) is 18.9. The Bertz CT molecular complexity index is 607. The minimum absolute atomic E-state index is 0.0458. The first kappa shape index (κ1) is 14.7. The summed E-state index contributed by atoms with van der Waals surface area (Å²) < 4.78 is 5.75. The van der Waals surface area contributed by atoms with E-state index in [1.807, 2.05) is 22.4 Å². The van der Waals surface area contributed by atoms with Gasteiger partial charge in [-0.2, -0.15) is 0 Å². The molecule has 1 unspecified atom stereocenters. The zero-order chi connectivity index (χ0) is 14.8. The summed E-state index contributed by atoms with van der Waals surface area (Å²) in [5.74, 6) is 2.40. The number of amides is 1. The van der Waals surface area contributed by atoms with Crippen LogP contribution in [0.15, 0.2) is 28.1 Å². The van der Waals surface area contributed by atoms with Crippen molar-refractivity contribution in [3.63, 3.8) is 0 Å². The van der Waals surface area contributed by atoms with E-state index >= 15 is 0 Å². The van der Waals surface area contributed by atoms with Crippen molar-refractivity contribution in [2.24, 2.45) is 0 Å². The fourth-order valence-corrected chi connectivity index (χ4v) is 4.12. The molecule has 21 heavy (non-hydrogen) atoms. The molecule has 1 fully saturated rings. The molecule has 1 atom stereocenters. The Kier molecular flexibility index (Phi) is 4.35. The van der Waals surface area contributed by atoms with Crippen LogP contribution in [-0.4, -0.2) is 33.6 Å². The summed E-state index contributed by atoms with van der Waals surface area (Å²) in [5.41, 5.74) is 0. The third-order valence-electron chi connectivity index (χ3n) is 3.54. The predicted molar refractivity (Wildman–Crippen MR) is 86.4 cm³/mol. The van der Waals surface area contributed by atoms with Crippen LogP contribution < -0.4 is 0 Å². The maximum Gasteiger partial charge on any atom is 0.236 e. The molecule has 2 aromatic heterocycles. The highest BCUT2D eigenvalue weighted by atomic mass is 32.2. The minimum Gasteiger partial charge on any atom is -0.439 e. The lowest BCUT2D eigenvalue weighted by Crippen LogP contribution is -2.34. The van der Waals surface area contributed by atoms with Crippen LogP contribution >= 0.6 is 23.1 Å². The molecule has 1 saturated heterocycles. The first-order valence-electron chi connectivity index (χ1n) is 7.06. The molecule has 0 bridgehead atoms. The number of hydrogen-bond donors (Lipinski definition) is 0. The number of thioether (sulfide) groups is 1. The summed E-state index contributed by atoms with van der Waals surface area (Å²) in [6, 6.07) is 4.30. The number of carbonyl (C=O) groups is 1. The van der Waals surface area contributed by atoms with Gasteiger partial charge in [-0.1, -0.05) is 6.07 Å². The number of hydrogen-bond acceptors (Lipinski definition) is 5. The lowest BCUT2D eigenvalue weighted by molar-refractivity contribution is -0.128. The Morgan fingerprint density at radius 3 is 3.10 bits per heavy atom. The number of oxazole rings is 1. The monoisotopic (exact) mass is 322 g/mol. The van der Waals surface area contributed by atoms with Crippen molar-refractivity contribution in [1.82, 2.24) is 9.88 Å². The van der Waals surface area contributed by atoms with Gasteiger partial charge in [0.15, 0.2) is 5.76 Å². The van der Waals surface area contributed by atoms with Gasteiger partial charge in [0.2, 0.25) is 11.8 Å². The van der Waals surface area contributed by atoms with Gasteiger partial charge in [-0.3, -0.25) is 4.79 Å². The van der Waals surface area contributed by atoms with Crippen molar-refractivity contribution in [1.29, 1.82) is 0 Å². The summed E-state index contributed by atoms with van der Waals surface area (Å²) in [7, 11) is 0. The highest BCUT2D eigenvalue weighted by Gasteiger charge is 2.33. The second kappa shape index (κ2) is 6.23. The largest absolute Gasteiger partial charge is 0.439 e. The molecule has 0 N–H and O–H groups in total. The van der Waals surface area contributed by atoms with Crippen LogP contribution in [0.5, 0.6) is 0 Å². The number of aromatic nitrogens is 1. The quantitative estimate of drug-likeness (QED) is 0.843. The molecular weight excluding hydrogens is 304 g/mol. The lowest BCUT2D eigenvalue weighted by Gasteiger charge is -2.20. The number of nitrogens with zero attached hydrogens (tertiary/aromatic N) is 2. The van der Waals surface area contributed by atoms with Crippen molar-refractivity contribution in [2.75, 3.05) is 6.54 Å². The molecule has 4 nitrogen and oxygen atoms in total. The molecule has 0 radical (unpaired) electrons. The number of rotatable bonds is 5. The van der Waals surface area contributed by atoms with Crippen molar-refractivity contribution in [3.8, 4) is 10.6 Å². The van der Waals surface area contributed by atoms with E-state index < -0.39 is 0 Å². The zero-order valence-electron chi connectivity index (χ0n) is 12.1. The predicted octanol–water partition coefficient (Wildman–Crippen LogP) is 3.65.